The summed E-state index contributed by atoms with van der Waals surface area (Å²) in [6.07, 6.45) is 1.12. The van der Waals surface area contributed by atoms with Gasteiger partial charge in [-0.3, -0.25) is 0 Å². The first-order chi connectivity index (χ1) is 5.65. The number of aliphatic hydroxyl groups excluding tert-OH is 1. The Morgan fingerprint density at radius 1 is 1.50 bits per heavy atom. The normalized spacial score (nSPS) is 24.2. The van der Waals surface area contributed by atoms with Gasteiger partial charge in [0.25, 0.3) is 0 Å². The van der Waals surface area contributed by atoms with Gasteiger partial charge in [0.1, 0.15) is 6.10 Å². The molecular formula is C9H15NO2. The molecule has 3 unspecified atom stereocenters. The minimum Gasteiger partial charge on any atom is -0.391 e. The number of hydrogen-bond donors (Lipinski definition) is 1. The minimum absolute atomic E-state index is 0.241. The molecule has 0 radical (unpaired) electrons. The second-order valence-corrected chi connectivity index (χ2v) is 3.47. The van der Waals surface area contributed by atoms with Crippen molar-refractivity contribution in [1.82, 2.24) is 0 Å². The Hall–Kier alpha value is -0.590. The summed E-state index contributed by atoms with van der Waals surface area (Å²) < 4.78 is 5.37. The molecule has 1 rings (SSSR count). The van der Waals surface area contributed by atoms with E-state index in [1.54, 1.807) is 13.8 Å². The summed E-state index contributed by atoms with van der Waals surface area (Å²) in [5.74, 6) is 0.413. The molecule has 1 aliphatic carbocycles. The first kappa shape index (κ1) is 9.50. The maximum Gasteiger partial charge on any atom is 0.147 e. The topological polar surface area (TPSA) is 53.2 Å². The van der Waals surface area contributed by atoms with Crippen molar-refractivity contribution in [2.75, 3.05) is 0 Å². The molecule has 0 heterocycles. The summed E-state index contributed by atoms with van der Waals surface area (Å²) in [7, 11) is 0. The Bertz CT molecular complexity index is 181. The second-order valence-electron chi connectivity index (χ2n) is 3.47. The van der Waals surface area contributed by atoms with Crippen molar-refractivity contribution in [2.24, 2.45) is 5.92 Å². The van der Waals surface area contributed by atoms with Crippen LogP contribution in [0.4, 0.5) is 0 Å². The van der Waals surface area contributed by atoms with Gasteiger partial charge in [-0.15, -0.1) is 0 Å². The first-order valence-electron chi connectivity index (χ1n) is 4.38. The quantitative estimate of drug-likeness (QED) is 0.685. The van der Waals surface area contributed by atoms with Crippen LogP contribution in [-0.4, -0.2) is 23.4 Å². The van der Waals surface area contributed by atoms with E-state index in [4.69, 9.17) is 15.1 Å². The largest absolute Gasteiger partial charge is 0.391 e. The summed E-state index contributed by atoms with van der Waals surface area (Å²) in [6.45, 7) is 3.46. The molecule has 3 nitrogen and oxygen atoms in total. The van der Waals surface area contributed by atoms with E-state index in [1.165, 1.54) is 0 Å². The molecule has 0 saturated heterocycles. The van der Waals surface area contributed by atoms with Crippen LogP contribution < -0.4 is 0 Å². The molecule has 0 aromatic rings. The number of aliphatic hydroxyl groups is 1. The number of rotatable bonds is 4. The molecule has 0 aromatic heterocycles. The van der Waals surface area contributed by atoms with E-state index in [-0.39, 0.29) is 12.2 Å². The van der Waals surface area contributed by atoms with Crippen molar-refractivity contribution in [1.29, 1.82) is 5.26 Å². The number of hydrogen-bond acceptors (Lipinski definition) is 3. The summed E-state index contributed by atoms with van der Waals surface area (Å²) in [5, 5.41) is 17.8. The predicted molar refractivity (Wildman–Crippen MR) is 44.4 cm³/mol. The summed E-state index contributed by atoms with van der Waals surface area (Å²) in [6, 6.07) is 2.12. The Kier molecular flexibility index (Phi) is 3.07. The fourth-order valence-electron chi connectivity index (χ4n) is 0.991. The maximum atomic E-state index is 9.13. The molecule has 0 spiro atoms. The highest BCUT2D eigenvalue weighted by Gasteiger charge is 2.33. The van der Waals surface area contributed by atoms with Crippen LogP contribution >= 0.6 is 0 Å². The molecule has 0 aliphatic heterocycles. The third-order valence-corrected chi connectivity index (χ3v) is 2.22. The van der Waals surface area contributed by atoms with Gasteiger partial charge < -0.3 is 9.84 Å². The van der Waals surface area contributed by atoms with E-state index < -0.39 is 6.10 Å². The molecule has 0 aromatic carbocycles. The molecule has 0 bridgehead atoms. The van der Waals surface area contributed by atoms with Gasteiger partial charge in [-0.05, 0) is 32.6 Å². The second kappa shape index (κ2) is 3.88. The number of nitrogens with zero attached hydrogens (tertiary/aromatic N) is 1. The van der Waals surface area contributed by atoms with Crippen LogP contribution in [0.1, 0.15) is 26.7 Å². The average molecular weight is 169 g/mol. The lowest BCUT2D eigenvalue weighted by Gasteiger charge is -2.18. The molecule has 1 aliphatic rings. The van der Waals surface area contributed by atoms with Gasteiger partial charge in [0.15, 0.2) is 0 Å². The monoisotopic (exact) mass is 169 g/mol. The van der Waals surface area contributed by atoms with Gasteiger partial charge in [-0.2, -0.15) is 5.26 Å². The van der Waals surface area contributed by atoms with Crippen molar-refractivity contribution in [3.63, 3.8) is 0 Å². The van der Waals surface area contributed by atoms with E-state index in [9.17, 15) is 0 Å². The lowest BCUT2D eigenvalue weighted by molar-refractivity contribution is -0.0480. The molecule has 1 fully saturated rings. The van der Waals surface area contributed by atoms with Gasteiger partial charge in [-0.1, -0.05) is 0 Å². The van der Waals surface area contributed by atoms with Crippen LogP contribution in [0.5, 0.6) is 0 Å². The van der Waals surface area contributed by atoms with Gasteiger partial charge in [0.05, 0.1) is 18.3 Å². The summed E-state index contributed by atoms with van der Waals surface area (Å²) in [4.78, 5) is 0. The molecule has 68 valence electrons. The Morgan fingerprint density at radius 3 is 2.42 bits per heavy atom. The van der Waals surface area contributed by atoms with Crippen molar-refractivity contribution in [2.45, 2.75) is 45.0 Å². The molecule has 3 heteroatoms. The first-order valence-corrected chi connectivity index (χ1v) is 4.38. The van der Waals surface area contributed by atoms with Crippen LogP contribution in [0, 0.1) is 17.2 Å². The van der Waals surface area contributed by atoms with Crippen LogP contribution in [-0.2, 0) is 4.74 Å². The Labute approximate surface area is 73.0 Å². The Balaban J connectivity index is 2.32. The third kappa shape index (κ3) is 2.47. The van der Waals surface area contributed by atoms with Crippen molar-refractivity contribution in [3.8, 4) is 6.07 Å². The van der Waals surface area contributed by atoms with E-state index in [0.717, 1.165) is 12.8 Å². The fourth-order valence-corrected chi connectivity index (χ4v) is 0.991. The van der Waals surface area contributed by atoms with Crippen molar-refractivity contribution < 1.29 is 9.84 Å². The number of nitriles is 1. The third-order valence-electron chi connectivity index (χ3n) is 2.22. The van der Waals surface area contributed by atoms with Gasteiger partial charge in [0, 0.05) is 0 Å². The SMILES string of the molecule is CC(O)C(C)OC(C#N)C1CC1. The molecular weight excluding hydrogens is 154 g/mol. The lowest BCUT2D eigenvalue weighted by atomic mass is 10.2. The van der Waals surface area contributed by atoms with Crippen molar-refractivity contribution in [3.05, 3.63) is 0 Å². The van der Waals surface area contributed by atoms with E-state index in [1.807, 2.05) is 0 Å². The van der Waals surface area contributed by atoms with Gasteiger partial charge in [0.2, 0.25) is 0 Å². The molecule has 3 atom stereocenters. The number of ether oxygens (including phenoxy) is 1. The molecule has 1 N–H and O–H groups in total. The lowest BCUT2D eigenvalue weighted by Crippen LogP contribution is -2.28. The zero-order valence-electron chi connectivity index (χ0n) is 7.53. The average Bonchev–Trinajstić information content (AvgIpc) is 2.82. The fraction of sp³-hybridized carbons (Fsp3) is 0.889. The van der Waals surface area contributed by atoms with Crippen LogP contribution in [0.2, 0.25) is 0 Å². The maximum absolute atomic E-state index is 9.13. The highest BCUT2D eigenvalue weighted by molar-refractivity contribution is 4.96. The Morgan fingerprint density at radius 2 is 2.08 bits per heavy atom. The molecule has 12 heavy (non-hydrogen) atoms. The summed E-state index contributed by atoms with van der Waals surface area (Å²) >= 11 is 0. The van der Waals surface area contributed by atoms with Crippen LogP contribution in [0.3, 0.4) is 0 Å². The van der Waals surface area contributed by atoms with E-state index in [0.29, 0.717) is 5.92 Å². The smallest absolute Gasteiger partial charge is 0.147 e. The van der Waals surface area contributed by atoms with E-state index in [2.05, 4.69) is 6.07 Å². The molecule has 1 saturated carbocycles. The van der Waals surface area contributed by atoms with E-state index >= 15 is 0 Å². The minimum atomic E-state index is -0.500. The van der Waals surface area contributed by atoms with Gasteiger partial charge in [-0.25, -0.2) is 0 Å². The molecule has 0 amide bonds. The van der Waals surface area contributed by atoms with Crippen molar-refractivity contribution >= 4 is 0 Å². The van der Waals surface area contributed by atoms with Gasteiger partial charge >= 0.3 is 0 Å². The zero-order chi connectivity index (χ0) is 9.14. The van der Waals surface area contributed by atoms with Crippen LogP contribution in [0.25, 0.3) is 0 Å². The zero-order valence-corrected chi connectivity index (χ0v) is 7.53. The highest BCUT2D eigenvalue weighted by atomic mass is 16.5. The van der Waals surface area contributed by atoms with Crippen LogP contribution in [0.15, 0.2) is 0 Å². The summed E-state index contributed by atoms with van der Waals surface area (Å²) in [5.41, 5.74) is 0. The highest BCUT2D eigenvalue weighted by Crippen LogP contribution is 2.34. The predicted octanol–water partition coefficient (Wildman–Crippen LogP) is 1.07. The standard InChI is InChI=1S/C9H15NO2/c1-6(11)7(2)12-9(5-10)8-3-4-8/h6-9,11H,3-4H2,1-2H3.